The van der Waals surface area contributed by atoms with Crippen LogP contribution in [0.5, 0.6) is 0 Å². The summed E-state index contributed by atoms with van der Waals surface area (Å²) in [6.45, 7) is 4.94. The Morgan fingerprint density at radius 2 is 2.08 bits per heavy atom. The minimum absolute atomic E-state index is 0.142. The van der Waals surface area contributed by atoms with Crippen molar-refractivity contribution in [2.45, 2.75) is 13.8 Å². The molecule has 0 radical (unpaired) electrons. The molecule has 0 spiro atoms. The molecule has 2 amide bonds. The third-order valence-electron chi connectivity index (χ3n) is 3.76. The van der Waals surface area contributed by atoms with Gasteiger partial charge in [-0.1, -0.05) is 41.7 Å². The minimum Gasteiger partial charge on any atom is -0.462 e. The van der Waals surface area contributed by atoms with Gasteiger partial charge in [0.25, 0.3) is 0 Å². The summed E-state index contributed by atoms with van der Waals surface area (Å²) in [7, 11) is 0. The van der Waals surface area contributed by atoms with Gasteiger partial charge in [0.2, 0.25) is 0 Å². The zero-order valence-electron chi connectivity index (χ0n) is 14.1. The van der Waals surface area contributed by atoms with Gasteiger partial charge in [-0.3, -0.25) is 9.80 Å². The first-order chi connectivity index (χ1) is 12.1. The topological polar surface area (TPSA) is 62.7 Å². The van der Waals surface area contributed by atoms with E-state index in [1.165, 1.54) is 11.3 Å². The van der Waals surface area contributed by atoms with E-state index in [0.29, 0.717) is 35.4 Å². The predicted octanol–water partition coefficient (Wildman–Crippen LogP) is 3.54. The van der Waals surface area contributed by atoms with Gasteiger partial charge in [0.15, 0.2) is 5.13 Å². The third kappa shape index (κ3) is 3.71. The Balaban J connectivity index is 1.73. The zero-order chi connectivity index (χ0) is 17.8. The lowest BCUT2D eigenvalue weighted by molar-refractivity contribution is 0.0531. The fourth-order valence-electron chi connectivity index (χ4n) is 2.49. The lowest BCUT2D eigenvalue weighted by Crippen LogP contribution is -2.28. The summed E-state index contributed by atoms with van der Waals surface area (Å²) in [6.07, 6.45) is 3.68. The summed E-state index contributed by atoms with van der Waals surface area (Å²) in [4.78, 5) is 32.6. The number of amides is 2. The second-order valence-corrected chi connectivity index (χ2v) is 6.46. The minimum atomic E-state index is -0.392. The Bertz CT molecular complexity index is 801. The summed E-state index contributed by atoms with van der Waals surface area (Å²) >= 11 is 1.19. The Morgan fingerprint density at radius 3 is 2.80 bits per heavy atom. The highest BCUT2D eigenvalue weighted by molar-refractivity contribution is 7.17. The average molecular weight is 357 g/mol. The number of hydrogen-bond donors (Lipinski definition) is 0. The monoisotopic (exact) mass is 357 g/mol. The van der Waals surface area contributed by atoms with Crippen LogP contribution in [-0.2, 0) is 4.74 Å². The molecule has 0 saturated carbocycles. The summed E-state index contributed by atoms with van der Waals surface area (Å²) in [5.41, 5.74) is 1.62. The quantitative estimate of drug-likeness (QED) is 0.768. The molecule has 3 rings (SSSR count). The molecular weight excluding hydrogens is 338 g/mol. The van der Waals surface area contributed by atoms with Gasteiger partial charge in [0.1, 0.15) is 4.88 Å². The molecule has 6 nitrogen and oxygen atoms in total. The van der Waals surface area contributed by atoms with E-state index in [-0.39, 0.29) is 6.03 Å². The van der Waals surface area contributed by atoms with Crippen LogP contribution in [0.25, 0.3) is 6.08 Å². The van der Waals surface area contributed by atoms with Crippen LogP contribution in [0.1, 0.15) is 27.9 Å². The standard InChI is InChI=1S/C18H19N3O3S/c1-3-24-16(22)15-13(2)19-17(25-15)21-12-11-20(18(21)23)10-9-14-7-5-4-6-8-14/h4-10H,3,11-12H2,1-2H3. The maximum Gasteiger partial charge on any atom is 0.350 e. The number of aryl methyl sites for hydroxylation is 1. The van der Waals surface area contributed by atoms with Crippen molar-refractivity contribution in [1.82, 2.24) is 9.88 Å². The summed E-state index contributed by atoms with van der Waals surface area (Å²) < 4.78 is 5.03. The molecular formula is C18H19N3O3S. The number of urea groups is 1. The number of aromatic nitrogens is 1. The first kappa shape index (κ1) is 17.2. The number of benzene rings is 1. The van der Waals surface area contributed by atoms with Crippen LogP contribution in [0, 0.1) is 6.92 Å². The van der Waals surface area contributed by atoms with Gasteiger partial charge in [-0.2, -0.15) is 0 Å². The van der Waals surface area contributed by atoms with Crippen LogP contribution in [0.15, 0.2) is 36.5 Å². The normalized spacial score (nSPS) is 14.6. The van der Waals surface area contributed by atoms with E-state index in [2.05, 4.69) is 4.98 Å². The number of nitrogens with zero attached hydrogens (tertiary/aromatic N) is 3. The van der Waals surface area contributed by atoms with Crippen LogP contribution in [0.3, 0.4) is 0 Å². The number of carbonyl (C=O) groups excluding carboxylic acids is 2. The first-order valence-corrected chi connectivity index (χ1v) is 8.87. The van der Waals surface area contributed by atoms with Crippen molar-refractivity contribution in [3.63, 3.8) is 0 Å². The molecule has 0 bridgehead atoms. The summed E-state index contributed by atoms with van der Waals surface area (Å²) in [6, 6.07) is 9.66. The summed E-state index contributed by atoms with van der Waals surface area (Å²) in [5, 5.41) is 0.529. The van der Waals surface area contributed by atoms with Gasteiger partial charge in [0, 0.05) is 19.3 Å². The van der Waals surface area contributed by atoms with Gasteiger partial charge in [-0.05, 0) is 25.5 Å². The molecule has 1 aliphatic heterocycles. The molecule has 1 fully saturated rings. The fourth-order valence-corrected chi connectivity index (χ4v) is 3.47. The molecule has 0 N–H and O–H groups in total. The molecule has 2 heterocycles. The molecule has 1 aromatic carbocycles. The highest BCUT2D eigenvalue weighted by atomic mass is 32.1. The van der Waals surface area contributed by atoms with E-state index in [1.54, 1.807) is 29.8 Å². The molecule has 0 unspecified atom stereocenters. The van der Waals surface area contributed by atoms with Crippen molar-refractivity contribution >= 4 is 34.5 Å². The number of anilines is 1. The Labute approximate surface area is 150 Å². The Kier molecular flexibility index (Phi) is 5.14. The van der Waals surface area contributed by atoms with E-state index in [1.807, 2.05) is 36.4 Å². The molecule has 25 heavy (non-hydrogen) atoms. The van der Waals surface area contributed by atoms with Crippen molar-refractivity contribution in [1.29, 1.82) is 0 Å². The van der Waals surface area contributed by atoms with Gasteiger partial charge >= 0.3 is 12.0 Å². The van der Waals surface area contributed by atoms with Crippen LogP contribution in [0.2, 0.25) is 0 Å². The maximum atomic E-state index is 12.6. The SMILES string of the molecule is CCOC(=O)c1sc(N2CCN(C=Cc3ccccc3)C2=O)nc1C. The number of hydrogen-bond acceptors (Lipinski definition) is 5. The highest BCUT2D eigenvalue weighted by Crippen LogP contribution is 2.29. The van der Waals surface area contributed by atoms with Crippen molar-refractivity contribution in [2.75, 3.05) is 24.6 Å². The molecule has 2 aromatic rings. The molecule has 7 heteroatoms. The van der Waals surface area contributed by atoms with Gasteiger partial charge < -0.3 is 4.74 Å². The van der Waals surface area contributed by atoms with Crippen molar-refractivity contribution in [2.24, 2.45) is 0 Å². The highest BCUT2D eigenvalue weighted by Gasteiger charge is 2.31. The molecule has 1 aromatic heterocycles. The lowest BCUT2D eigenvalue weighted by atomic mass is 10.2. The van der Waals surface area contributed by atoms with Crippen LogP contribution in [-0.4, -0.2) is 41.6 Å². The van der Waals surface area contributed by atoms with Crippen LogP contribution < -0.4 is 4.90 Å². The second kappa shape index (κ2) is 7.48. The maximum absolute atomic E-state index is 12.6. The number of carbonyl (C=O) groups is 2. The van der Waals surface area contributed by atoms with E-state index < -0.39 is 5.97 Å². The van der Waals surface area contributed by atoms with E-state index in [0.717, 1.165) is 5.56 Å². The van der Waals surface area contributed by atoms with Crippen LogP contribution in [0.4, 0.5) is 9.93 Å². The summed E-state index contributed by atoms with van der Waals surface area (Å²) in [5.74, 6) is -0.392. The fraction of sp³-hybridized carbons (Fsp3) is 0.278. The zero-order valence-corrected chi connectivity index (χ0v) is 15.0. The van der Waals surface area contributed by atoms with Gasteiger partial charge in [0.05, 0.1) is 12.3 Å². The van der Waals surface area contributed by atoms with E-state index in [4.69, 9.17) is 4.74 Å². The van der Waals surface area contributed by atoms with E-state index in [9.17, 15) is 9.59 Å². The Hall–Kier alpha value is -2.67. The molecule has 0 atom stereocenters. The molecule has 1 saturated heterocycles. The first-order valence-electron chi connectivity index (χ1n) is 8.06. The van der Waals surface area contributed by atoms with Crippen molar-refractivity contribution in [3.05, 3.63) is 52.7 Å². The molecule has 0 aliphatic carbocycles. The third-order valence-corrected chi connectivity index (χ3v) is 4.93. The number of esters is 1. The van der Waals surface area contributed by atoms with Gasteiger partial charge in [-0.25, -0.2) is 14.6 Å². The lowest BCUT2D eigenvalue weighted by Gasteiger charge is -2.12. The number of thiazole rings is 1. The van der Waals surface area contributed by atoms with Crippen LogP contribution >= 0.6 is 11.3 Å². The van der Waals surface area contributed by atoms with Gasteiger partial charge in [-0.15, -0.1) is 0 Å². The van der Waals surface area contributed by atoms with E-state index >= 15 is 0 Å². The second-order valence-electron chi connectivity index (χ2n) is 5.49. The number of ether oxygens (including phenoxy) is 1. The Morgan fingerprint density at radius 1 is 1.32 bits per heavy atom. The predicted molar refractivity (Wildman–Crippen MR) is 97.7 cm³/mol. The largest absolute Gasteiger partial charge is 0.462 e. The van der Waals surface area contributed by atoms with Crippen molar-refractivity contribution < 1.29 is 14.3 Å². The number of rotatable bonds is 5. The molecule has 130 valence electrons. The smallest absolute Gasteiger partial charge is 0.350 e. The molecule has 1 aliphatic rings. The average Bonchev–Trinajstić information content (AvgIpc) is 3.17. The van der Waals surface area contributed by atoms with Crippen molar-refractivity contribution in [3.8, 4) is 0 Å².